The van der Waals surface area contributed by atoms with Gasteiger partial charge >= 0.3 is 12.0 Å². The van der Waals surface area contributed by atoms with E-state index in [0.29, 0.717) is 13.0 Å². The third-order valence-corrected chi connectivity index (χ3v) is 3.30. The Kier molecular flexibility index (Phi) is 7.52. The van der Waals surface area contributed by atoms with Gasteiger partial charge in [-0.05, 0) is 25.7 Å². The Labute approximate surface area is 123 Å². The van der Waals surface area contributed by atoms with Gasteiger partial charge in [0, 0.05) is 26.8 Å². The van der Waals surface area contributed by atoms with Crippen molar-refractivity contribution in [2.24, 2.45) is 0 Å². The van der Waals surface area contributed by atoms with Gasteiger partial charge in [0.1, 0.15) is 6.04 Å². The minimum atomic E-state index is -1.10. The number of ether oxygens (including phenoxy) is 1. The van der Waals surface area contributed by atoms with Crippen LogP contribution in [0.5, 0.6) is 0 Å². The summed E-state index contributed by atoms with van der Waals surface area (Å²) < 4.78 is 4.84. The fraction of sp³-hybridized carbons (Fsp3) is 0.769. The van der Waals surface area contributed by atoms with Crippen molar-refractivity contribution >= 4 is 17.9 Å². The summed E-state index contributed by atoms with van der Waals surface area (Å²) in [5.41, 5.74) is 0. The van der Waals surface area contributed by atoms with Gasteiger partial charge in [-0.25, -0.2) is 9.59 Å². The molecule has 0 aromatic carbocycles. The molecule has 21 heavy (non-hydrogen) atoms. The molecule has 0 bridgehead atoms. The maximum atomic E-state index is 11.7. The number of hydrogen-bond donors (Lipinski definition) is 3. The Hall–Kier alpha value is -1.83. The van der Waals surface area contributed by atoms with Crippen LogP contribution in [-0.4, -0.2) is 67.3 Å². The highest BCUT2D eigenvalue weighted by Crippen LogP contribution is 2.06. The Bertz CT molecular complexity index is 369. The van der Waals surface area contributed by atoms with E-state index in [4.69, 9.17) is 9.84 Å². The highest BCUT2D eigenvalue weighted by atomic mass is 16.5. The van der Waals surface area contributed by atoms with Crippen LogP contribution in [-0.2, 0) is 14.3 Å². The molecule has 1 unspecified atom stereocenters. The number of hydrogen-bond acceptors (Lipinski definition) is 4. The van der Waals surface area contributed by atoms with E-state index < -0.39 is 18.0 Å². The minimum absolute atomic E-state index is 0.115. The number of carboxylic acid groups (broad SMARTS) is 1. The van der Waals surface area contributed by atoms with Crippen molar-refractivity contribution in [2.75, 3.05) is 33.4 Å². The average Bonchev–Trinajstić information content (AvgIpc) is 2.98. The maximum Gasteiger partial charge on any atom is 0.326 e. The molecule has 1 saturated heterocycles. The molecule has 0 radical (unpaired) electrons. The molecule has 0 aromatic rings. The summed E-state index contributed by atoms with van der Waals surface area (Å²) in [6, 6.07) is -1.63. The number of carbonyl (C=O) groups is 3. The van der Waals surface area contributed by atoms with Crippen molar-refractivity contribution in [1.82, 2.24) is 15.5 Å². The Morgan fingerprint density at radius 3 is 2.52 bits per heavy atom. The van der Waals surface area contributed by atoms with E-state index >= 15 is 0 Å². The average molecular weight is 301 g/mol. The van der Waals surface area contributed by atoms with Crippen LogP contribution in [0.3, 0.4) is 0 Å². The second-order valence-corrected chi connectivity index (χ2v) is 4.94. The lowest BCUT2D eigenvalue weighted by molar-refractivity contribution is -0.139. The van der Waals surface area contributed by atoms with Crippen molar-refractivity contribution in [3.63, 3.8) is 0 Å². The van der Waals surface area contributed by atoms with Crippen LogP contribution in [0.1, 0.15) is 25.7 Å². The molecule has 1 aliphatic heterocycles. The van der Waals surface area contributed by atoms with Gasteiger partial charge in [-0.1, -0.05) is 0 Å². The summed E-state index contributed by atoms with van der Waals surface area (Å²) in [5.74, 6) is -1.25. The monoisotopic (exact) mass is 301 g/mol. The second kappa shape index (κ2) is 9.17. The molecular weight excluding hydrogens is 278 g/mol. The van der Waals surface area contributed by atoms with E-state index in [2.05, 4.69) is 10.6 Å². The van der Waals surface area contributed by atoms with Crippen molar-refractivity contribution in [2.45, 2.75) is 31.7 Å². The number of likely N-dealkylation sites (tertiary alicyclic amines) is 1. The van der Waals surface area contributed by atoms with Gasteiger partial charge in [-0.3, -0.25) is 4.79 Å². The zero-order valence-electron chi connectivity index (χ0n) is 12.3. The Morgan fingerprint density at radius 2 is 1.95 bits per heavy atom. The largest absolute Gasteiger partial charge is 0.480 e. The predicted molar refractivity (Wildman–Crippen MR) is 74.9 cm³/mol. The Morgan fingerprint density at radius 1 is 1.29 bits per heavy atom. The van der Waals surface area contributed by atoms with E-state index in [-0.39, 0.29) is 18.9 Å². The molecule has 0 saturated carbocycles. The zero-order chi connectivity index (χ0) is 15.7. The van der Waals surface area contributed by atoms with Crippen LogP contribution in [0.15, 0.2) is 0 Å². The van der Waals surface area contributed by atoms with Crippen molar-refractivity contribution < 1.29 is 24.2 Å². The number of aliphatic carboxylic acids is 1. The van der Waals surface area contributed by atoms with Gasteiger partial charge in [-0.15, -0.1) is 0 Å². The topological polar surface area (TPSA) is 108 Å². The number of nitrogens with one attached hydrogen (secondary N) is 2. The van der Waals surface area contributed by atoms with Crippen LogP contribution in [0.25, 0.3) is 0 Å². The van der Waals surface area contributed by atoms with Crippen molar-refractivity contribution in [3.8, 4) is 0 Å². The Balaban J connectivity index is 2.28. The number of carbonyl (C=O) groups excluding carboxylic acids is 2. The first-order valence-electron chi connectivity index (χ1n) is 7.08. The van der Waals surface area contributed by atoms with Crippen molar-refractivity contribution in [3.05, 3.63) is 0 Å². The number of carboxylic acids is 1. The highest BCUT2D eigenvalue weighted by Gasteiger charge is 2.21. The normalized spacial score (nSPS) is 15.6. The molecule has 0 aliphatic carbocycles. The molecule has 1 rings (SSSR count). The molecule has 8 heteroatoms. The summed E-state index contributed by atoms with van der Waals surface area (Å²) in [4.78, 5) is 36.1. The van der Waals surface area contributed by atoms with Gasteiger partial charge < -0.3 is 25.4 Å². The fourth-order valence-corrected chi connectivity index (χ4v) is 2.13. The molecule has 1 heterocycles. The number of urea groups is 1. The van der Waals surface area contributed by atoms with Gasteiger partial charge in [0.15, 0.2) is 0 Å². The third-order valence-electron chi connectivity index (χ3n) is 3.30. The summed E-state index contributed by atoms with van der Waals surface area (Å²) in [7, 11) is 1.53. The third kappa shape index (κ3) is 6.44. The molecular formula is C13H23N3O5. The second-order valence-electron chi connectivity index (χ2n) is 4.94. The molecule has 3 amide bonds. The first-order valence-corrected chi connectivity index (χ1v) is 7.08. The molecule has 1 aliphatic rings. The highest BCUT2D eigenvalue weighted by molar-refractivity contribution is 5.86. The van der Waals surface area contributed by atoms with Crippen LogP contribution in [0, 0.1) is 0 Å². The van der Waals surface area contributed by atoms with Crippen molar-refractivity contribution in [1.29, 1.82) is 0 Å². The number of amides is 3. The first-order chi connectivity index (χ1) is 10.0. The van der Waals surface area contributed by atoms with Gasteiger partial charge in [0.25, 0.3) is 0 Å². The smallest absolute Gasteiger partial charge is 0.326 e. The molecule has 8 nitrogen and oxygen atoms in total. The van der Waals surface area contributed by atoms with Crippen LogP contribution in [0.4, 0.5) is 4.79 Å². The number of rotatable bonds is 8. The predicted octanol–water partition coefficient (Wildman–Crippen LogP) is -0.212. The summed E-state index contributed by atoms with van der Waals surface area (Å²) in [5, 5.41) is 13.8. The van der Waals surface area contributed by atoms with Gasteiger partial charge in [-0.2, -0.15) is 0 Å². The van der Waals surface area contributed by atoms with Gasteiger partial charge in [0.05, 0.1) is 6.54 Å². The number of nitrogens with zero attached hydrogens (tertiary/aromatic N) is 1. The lowest BCUT2D eigenvalue weighted by Crippen LogP contribution is -2.48. The molecule has 0 spiro atoms. The molecule has 120 valence electrons. The molecule has 1 fully saturated rings. The summed E-state index contributed by atoms with van der Waals surface area (Å²) in [6.45, 7) is 1.75. The SMILES string of the molecule is COCCCC(NC(=O)NCC(=O)N1CCCC1)C(=O)O. The fourth-order valence-electron chi connectivity index (χ4n) is 2.13. The van der Waals surface area contributed by atoms with Crippen LogP contribution < -0.4 is 10.6 Å². The summed E-state index contributed by atoms with van der Waals surface area (Å²) >= 11 is 0. The molecule has 3 N–H and O–H groups in total. The number of methoxy groups -OCH3 is 1. The lowest BCUT2D eigenvalue weighted by Gasteiger charge is -2.17. The maximum absolute atomic E-state index is 11.7. The minimum Gasteiger partial charge on any atom is -0.480 e. The van der Waals surface area contributed by atoms with E-state index in [1.807, 2.05) is 0 Å². The first kappa shape index (κ1) is 17.2. The van der Waals surface area contributed by atoms with E-state index in [0.717, 1.165) is 25.9 Å². The summed E-state index contributed by atoms with van der Waals surface area (Å²) in [6.07, 6.45) is 2.77. The molecule has 0 aromatic heterocycles. The van der Waals surface area contributed by atoms with E-state index in [1.165, 1.54) is 7.11 Å². The quantitative estimate of drug-likeness (QED) is 0.538. The van der Waals surface area contributed by atoms with Crippen LogP contribution in [0.2, 0.25) is 0 Å². The molecule has 1 atom stereocenters. The zero-order valence-corrected chi connectivity index (χ0v) is 12.3. The van der Waals surface area contributed by atoms with Crippen LogP contribution >= 0.6 is 0 Å². The van der Waals surface area contributed by atoms with E-state index in [9.17, 15) is 14.4 Å². The van der Waals surface area contributed by atoms with E-state index in [1.54, 1.807) is 4.90 Å². The lowest BCUT2D eigenvalue weighted by atomic mass is 10.1. The van der Waals surface area contributed by atoms with Gasteiger partial charge in [0.2, 0.25) is 5.91 Å². The standard InChI is InChI=1S/C13H23N3O5/c1-21-8-4-5-10(12(18)19)15-13(20)14-9-11(17)16-6-2-3-7-16/h10H,2-9H2,1H3,(H,18,19)(H2,14,15,20).